The van der Waals surface area contributed by atoms with E-state index < -0.39 is 0 Å². The van der Waals surface area contributed by atoms with Crippen molar-refractivity contribution >= 4 is 0 Å². The van der Waals surface area contributed by atoms with Gasteiger partial charge in [-0.05, 0) is 38.8 Å². The predicted octanol–water partition coefficient (Wildman–Crippen LogP) is 1.42. The minimum absolute atomic E-state index is 0.653. The van der Waals surface area contributed by atoms with E-state index in [2.05, 4.69) is 22.8 Å². The first-order valence-corrected chi connectivity index (χ1v) is 5.05. The summed E-state index contributed by atoms with van der Waals surface area (Å²) >= 11 is 0. The summed E-state index contributed by atoms with van der Waals surface area (Å²) in [6.07, 6.45) is 3.63. The zero-order valence-electron chi connectivity index (χ0n) is 8.16. The van der Waals surface area contributed by atoms with Crippen LogP contribution in [0, 0.1) is 6.92 Å². The third-order valence-electron chi connectivity index (χ3n) is 2.79. The second-order valence-electron chi connectivity index (χ2n) is 3.85. The van der Waals surface area contributed by atoms with E-state index >= 15 is 0 Å². The topological polar surface area (TPSA) is 43.8 Å². The van der Waals surface area contributed by atoms with Crippen molar-refractivity contribution < 1.29 is 0 Å². The van der Waals surface area contributed by atoms with E-state index in [1.807, 2.05) is 0 Å². The lowest BCUT2D eigenvalue weighted by atomic mass is 9.93. The Bertz CT molecular complexity index is 290. The maximum Gasteiger partial charge on any atom is 0.0596 e. The highest BCUT2D eigenvalue weighted by Gasteiger charge is 2.20. The number of fused-ring (bicyclic) bond motifs is 1. The Morgan fingerprint density at radius 3 is 3.31 bits per heavy atom. The van der Waals surface area contributed by atoms with Crippen LogP contribution in [0.2, 0.25) is 0 Å². The summed E-state index contributed by atoms with van der Waals surface area (Å²) in [6, 6.07) is 2.21. The smallest absolute Gasteiger partial charge is 0.0596 e. The molecule has 2 N–H and O–H groups in total. The standard InChI is InChI=1S/C10H17N3/c1-8-7-10-9(4-5-11)3-2-6-13(10)12-8/h7,9H,2-6,11H2,1H3. The Hall–Kier alpha value is -0.830. The molecule has 2 rings (SSSR count). The molecule has 2 heterocycles. The lowest BCUT2D eigenvalue weighted by Crippen LogP contribution is -2.18. The van der Waals surface area contributed by atoms with Gasteiger partial charge in [-0.1, -0.05) is 0 Å². The molecule has 3 nitrogen and oxygen atoms in total. The molecule has 3 heteroatoms. The van der Waals surface area contributed by atoms with Crippen LogP contribution in [0.1, 0.15) is 36.6 Å². The fourth-order valence-corrected chi connectivity index (χ4v) is 2.20. The van der Waals surface area contributed by atoms with Crippen molar-refractivity contribution in [2.45, 2.75) is 38.6 Å². The molecule has 0 fully saturated rings. The van der Waals surface area contributed by atoms with Crippen molar-refractivity contribution in [3.05, 3.63) is 17.5 Å². The normalized spacial score (nSPS) is 21.5. The van der Waals surface area contributed by atoms with Crippen LogP contribution in [0.25, 0.3) is 0 Å². The van der Waals surface area contributed by atoms with E-state index in [4.69, 9.17) is 5.73 Å². The first kappa shape index (κ1) is 8.75. The number of aromatic nitrogens is 2. The molecule has 0 amide bonds. The second kappa shape index (κ2) is 3.50. The molecule has 1 aromatic heterocycles. The monoisotopic (exact) mass is 179 g/mol. The third kappa shape index (κ3) is 1.61. The summed E-state index contributed by atoms with van der Waals surface area (Å²) in [5, 5.41) is 4.46. The molecule has 13 heavy (non-hydrogen) atoms. The fourth-order valence-electron chi connectivity index (χ4n) is 2.20. The molecular formula is C10H17N3. The molecule has 1 aliphatic heterocycles. The molecule has 1 unspecified atom stereocenters. The molecule has 0 radical (unpaired) electrons. The minimum atomic E-state index is 0.653. The van der Waals surface area contributed by atoms with Crippen LogP contribution in [0.3, 0.4) is 0 Å². The highest BCUT2D eigenvalue weighted by atomic mass is 15.3. The lowest BCUT2D eigenvalue weighted by molar-refractivity contribution is 0.411. The van der Waals surface area contributed by atoms with E-state index in [1.165, 1.54) is 18.5 Å². The maximum atomic E-state index is 5.59. The average Bonchev–Trinajstić information content (AvgIpc) is 2.47. The molecule has 0 bridgehead atoms. The van der Waals surface area contributed by atoms with Gasteiger partial charge in [-0.2, -0.15) is 5.10 Å². The molecule has 0 saturated carbocycles. The summed E-state index contributed by atoms with van der Waals surface area (Å²) in [4.78, 5) is 0. The van der Waals surface area contributed by atoms with Gasteiger partial charge in [0.15, 0.2) is 0 Å². The van der Waals surface area contributed by atoms with Gasteiger partial charge >= 0.3 is 0 Å². The zero-order chi connectivity index (χ0) is 9.26. The van der Waals surface area contributed by atoms with E-state index in [0.717, 1.165) is 25.2 Å². The van der Waals surface area contributed by atoms with E-state index in [1.54, 1.807) is 0 Å². The highest BCUT2D eigenvalue weighted by Crippen LogP contribution is 2.29. The SMILES string of the molecule is Cc1cc2n(n1)CCCC2CCN. The van der Waals surface area contributed by atoms with Gasteiger partial charge in [-0.3, -0.25) is 4.68 Å². The molecule has 72 valence electrons. The third-order valence-corrected chi connectivity index (χ3v) is 2.79. The van der Waals surface area contributed by atoms with Crippen LogP contribution < -0.4 is 5.73 Å². The summed E-state index contributed by atoms with van der Waals surface area (Å²) in [6.45, 7) is 3.93. The van der Waals surface area contributed by atoms with Gasteiger partial charge in [0.25, 0.3) is 0 Å². The van der Waals surface area contributed by atoms with Gasteiger partial charge in [-0.15, -0.1) is 0 Å². The zero-order valence-corrected chi connectivity index (χ0v) is 8.16. The highest BCUT2D eigenvalue weighted by molar-refractivity contribution is 5.15. The van der Waals surface area contributed by atoms with Crippen molar-refractivity contribution in [2.24, 2.45) is 5.73 Å². The minimum Gasteiger partial charge on any atom is -0.330 e. The molecule has 0 aromatic carbocycles. The summed E-state index contributed by atoms with van der Waals surface area (Å²) in [5.41, 5.74) is 8.13. The van der Waals surface area contributed by atoms with E-state index in [9.17, 15) is 0 Å². The Morgan fingerprint density at radius 2 is 2.54 bits per heavy atom. The molecule has 0 spiro atoms. The molecular weight excluding hydrogens is 162 g/mol. The van der Waals surface area contributed by atoms with Crippen LogP contribution in [-0.4, -0.2) is 16.3 Å². The Kier molecular flexibility index (Phi) is 2.36. The number of hydrogen-bond acceptors (Lipinski definition) is 2. The fraction of sp³-hybridized carbons (Fsp3) is 0.700. The molecule has 0 saturated heterocycles. The Labute approximate surface area is 78.9 Å². The van der Waals surface area contributed by atoms with Crippen LogP contribution in [0.15, 0.2) is 6.07 Å². The second-order valence-corrected chi connectivity index (χ2v) is 3.85. The van der Waals surface area contributed by atoms with E-state index in [0.29, 0.717) is 5.92 Å². The van der Waals surface area contributed by atoms with Crippen LogP contribution in [0.5, 0.6) is 0 Å². The van der Waals surface area contributed by atoms with Crippen LogP contribution in [0.4, 0.5) is 0 Å². The van der Waals surface area contributed by atoms with Crippen LogP contribution >= 0.6 is 0 Å². The molecule has 1 aromatic rings. The number of hydrogen-bond donors (Lipinski definition) is 1. The quantitative estimate of drug-likeness (QED) is 0.746. The van der Waals surface area contributed by atoms with Crippen molar-refractivity contribution in [2.75, 3.05) is 6.54 Å². The summed E-state index contributed by atoms with van der Waals surface area (Å²) in [7, 11) is 0. The van der Waals surface area contributed by atoms with Gasteiger partial charge in [-0.25, -0.2) is 0 Å². The van der Waals surface area contributed by atoms with Gasteiger partial charge in [0, 0.05) is 18.2 Å². The Morgan fingerprint density at radius 1 is 1.69 bits per heavy atom. The summed E-state index contributed by atoms with van der Waals surface area (Å²) in [5.74, 6) is 0.653. The number of nitrogens with two attached hydrogens (primary N) is 1. The molecule has 1 atom stereocenters. The van der Waals surface area contributed by atoms with Crippen LogP contribution in [-0.2, 0) is 6.54 Å². The maximum absolute atomic E-state index is 5.59. The molecule has 1 aliphatic rings. The van der Waals surface area contributed by atoms with Crippen molar-refractivity contribution in [1.82, 2.24) is 9.78 Å². The first-order chi connectivity index (χ1) is 6.31. The first-order valence-electron chi connectivity index (χ1n) is 5.05. The van der Waals surface area contributed by atoms with E-state index in [-0.39, 0.29) is 0 Å². The van der Waals surface area contributed by atoms with Gasteiger partial charge < -0.3 is 5.73 Å². The number of rotatable bonds is 2. The number of nitrogens with zero attached hydrogens (tertiary/aromatic N) is 2. The average molecular weight is 179 g/mol. The van der Waals surface area contributed by atoms with Crippen molar-refractivity contribution in [3.8, 4) is 0 Å². The largest absolute Gasteiger partial charge is 0.330 e. The lowest BCUT2D eigenvalue weighted by Gasteiger charge is -2.22. The predicted molar refractivity (Wildman–Crippen MR) is 52.6 cm³/mol. The van der Waals surface area contributed by atoms with Gasteiger partial charge in [0.2, 0.25) is 0 Å². The van der Waals surface area contributed by atoms with Crippen molar-refractivity contribution in [3.63, 3.8) is 0 Å². The van der Waals surface area contributed by atoms with Gasteiger partial charge in [0.1, 0.15) is 0 Å². The summed E-state index contributed by atoms with van der Waals surface area (Å²) < 4.78 is 2.15. The van der Waals surface area contributed by atoms with Crippen molar-refractivity contribution in [1.29, 1.82) is 0 Å². The molecule has 0 aliphatic carbocycles. The Balaban J connectivity index is 2.25. The number of aryl methyl sites for hydroxylation is 2. The van der Waals surface area contributed by atoms with Gasteiger partial charge in [0.05, 0.1) is 5.69 Å².